The Morgan fingerprint density at radius 3 is 2.44 bits per heavy atom. The summed E-state index contributed by atoms with van der Waals surface area (Å²) in [5.41, 5.74) is 3.63. The zero-order valence-electron chi connectivity index (χ0n) is 19.7. The third-order valence-corrected chi connectivity index (χ3v) is 6.34. The van der Waals surface area contributed by atoms with Crippen molar-refractivity contribution in [2.24, 2.45) is 4.99 Å². The van der Waals surface area contributed by atoms with E-state index in [-0.39, 0.29) is 17.6 Å². The van der Waals surface area contributed by atoms with Crippen molar-refractivity contribution in [2.75, 3.05) is 18.2 Å². The lowest BCUT2D eigenvalue weighted by atomic mass is 10.1. The van der Waals surface area contributed by atoms with Crippen LogP contribution in [0.2, 0.25) is 0 Å². The summed E-state index contributed by atoms with van der Waals surface area (Å²) in [6.07, 6.45) is 2.05. The van der Waals surface area contributed by atoms with Crippen LogP contribution in [0.25, 0.3) is 6.08 Å². The molecule has 0 unspecified atom stereocenters. The van der Waals surface area contributed by atoms with E-state index in [1.54, 1.807) is 30.2 Å². The molecule has 8 heteroatoms. The number of aliphatic imine (C=N–C) groups is 1. The number of rotatable bonds is 8. The number of anilines is 1. The molecule has 0 atom stereocenters. The standard InChI is InChI=1S/C28H24N4O3S/c1-35-24-13-9-21(10-14-24)17-25-27(34)32(18-22-5-3-2-4-6-22)28(31-25)36-19-26(33)30-23-11-7-20(8-12-23)15-16-29/h2-14,17H,15,18-19H2,1H3,(H,30,33)/b25-17-. The zero-order chi connectivity index (χ0) is 25.3. The SMILES string of the molecule is COc1ccc(/C=C2\N=C(SCC(=O)Nc3ccc(CC#N)cc3)N(Cc3ccccc3)C2=O)cc1. The van der Waals surface area contributed by atoms with E-state index in [0.717, 1.165) is 22.4 Å². The number of amidine groups is 1. The Balaban J connectivity index is 1.48. The van der Waals surface area contributed by atoms with Gasteiger partial charge in [0.05, 0.1) is 31.9 Å². The highest BCUT2D eigenvalue weighted by atomic mass is 32.2. The van der Waals surface area contributed by atoms with Crippen molar-refractivity contribution >= 4 is 40.5 Å². The molecule has 36 heavy (non-hydrogen) atoms. The molecule has 3 aromatic rings. The lowest BCUT2D eigenvalue weighted by molar-refractivity contribution is -0.123. The van der Waals surface area contributed by atoms with E-state index in [0.29, 0.717) is 29.5 Å². The number of carbonyl (C=O) groups is 2. The number of nitrogens with zero attached hydrogens (tertiary/aromatic N) is 3. The Morgan fingerprint density at radius 2 is 1.78 bits per heavy atom. The molecule has 7 nitrogen and oxygen atoms in total. The minimum Gasteiger partial charge on any atom is -0.497 e. The molecule has 1 aliphatic heterocycles. The van der Waals surface area contributed by atoms with Gasteiger partial charge in [0.2, 0.25) is 5.91 Å². The van der Waals surface area contributed by atoms with Crippen molar-refractivity contribution in [1.82, 2.24) is 4.90 Å². The Bertz CT molecular complexity index is 1330. The molecule has 0 spiro atoms. The van der Waals surface area contributed by atoms with Gasteiger partial charge in [-0.2, -0.15) is 5.26 Å². The quantitative estimate of drug-likeness (QED) is 0.449. The van der Waals surface area contributed by atoms with Gasteiger partial charge in [0.25, 0.3) is 5.91 Å². The van der Waals surface area contributed by atoms with Crippen LogP contribution >= 0.6 is 11.8 Å². The van der Waals surface area contributed by atoms with Gasteiger partial charge in [-0.1, -0.05) is 66.4 Å². The largest absolute Gasteiger partial charge is 0.497 e. The molecule has 0 saturated heterocycles. The molecule has 0 aliphatic carbocycles. The number of nitriles is 1. The van der Waals surface area contributed by atoms with Crippen LogP contribution in [0.4, 0.5) is 5.69 Å². The number of carbonyl (C=O) groups excluding carboxylic acids is 2. The lowest BCUT2D eigenvalue weighted by Gasteiger charge is -2.17. The van der Waals surface area contributed by atoms with Crippen molar-refractivity contribution in [1.29, 1.82) is 5.26 Å². The summed E-state index contributed by atoms with van der Waals surface area (Å²) in [7, 11) is 1.60. The average molecular weight is 497 g/mol. The molecule has 3 aromatic carbocycles. The molecule has 1 heterocycles. The van der Waals surface area contributed by atoms with Gasteiger partial charge in [0, 0.05) is 5.69 Å². The first kappa shape index (κ1) is 24.8. The fraction of sp³-hybridized carbons (Fsp3) is 0.143. The van der Waals surface area contributed by atoms with Gasteiger partial charge in [0.1, 0.15) is 11.4 Å². The first-order chi connectivity index (χ1) is 17.6. The maximum atomic E-state index is 13.3. The minimum atomic E-state index is -0.217. The minimum absolute atomic E-state index is 0.0904. The second-order valence-corrected chi connectivity index (χ2v) is 8.89. The van der Waals surface area contributed by atoms with E-state index in [9.17, 15) is 9.59 Å². The molecule has 4 rings (SSSR count). The molecule has 1 aliphatic rings. The Kier molecular flexibility index (Phi) is 8.16. The highest BCUT2D eigenvalue weighted by Crippen LogP contribution is 2.26. The molecule has 0 saturated carbocycles. The van der Waals surface area contributed by atoms with E-state index >= 15 is 0 Å². The summed E-state index contributed by atoms with van der Waals surface area (Å²) in [6, 6.07) is 26.3. The van der Waals surface area contributed by atoms with E-state index < -0.39 is 0 Å². The number of benzene rings is 3. The van der Waals surface area contributed by atoms with Gasteiger partial charge in [0.15, 0.2) is 5.17 Å². The molecule has 1 N–H and O–H groups in total. The number of methoxy groups -OCH3 is 1. The Labute approximate surface area is 214 Å². The van der Waals surface area contributed by atoms with Gasteiger partial charge in [-0.3, -0.25) is 14.5 Å². The van der Waals surface area contributed by atoms with Gasteiger partial charge in [-0.05, 0) is 47.0 Å². The van der Waals surface area contributed by atoms with E-state index in [1.807, 2.05) is 66.7 Å². The average Bonchev–Trinajstić information content (AvgIpc) is 3.19. The van der Waals surface area contributed by atoms with Crippen LogP contribution in [0.1, 0.15) is 16.7 Å². The van der Waals surface area contributed by atoms with Crippen molar-refractivity contribution in [3.05, 3.63) is 101 Å². The predicted molar refractivity (Wildman–Crippen MR) is 142 cm³/mol. The van der Waals surface area contributed by atoms with Crippen molar-refractivity contribution < 1.29 is 14.3 Å². The molecule has 0 fully saturated rings. The summed E-state index contributed by atoms with van der Waals surface area (Å²) in [4.78, 5) is 32.0. The number of amides is 2. The maximum absolute atomic E-state index is 13.3. The normalized spacial score (nSPS) is 13.9. The molecule has 0 bridgehead atoms. The first-order valence-electron chi connectivity index (χ1n) is 11.2. The van der Waals surface area contributed by atoms with Gasteiger partial charge < -0.3 is 10.1 Å². The molecule has 180 valence electrons. The van der Waals surface area contributed by atoms with Crippen molar-refractivity contribution in [3.8, 4) is 11.8 Å². The summed E-state index contributed by atoms with van der Waals surface area (Å²) >= 11 is 1.21. The third-order valence-electron chi connectivity index (χ3n) is 5.37. The summed E-state index contributed by atoms with van der Waals surface area (Å²) in [6.45, 7) is 0.355. The summed E-state index contributed by atoms with van der Waals surface area (Å²) in [5, 5.41) is 12.1. The number of hydrogen-bond acceptors (Lipinski definition) is 6. The van der Waals surface area contributed by atoms with Crippen molar-refractivity contribution in [2.45, 2.75) is 13.0 Å². The number of ether oxygens (including phenoxy) is 1. The van der Waals surface area contributed by atoms with Gasteiger partial charge in [-0.15, -0.1) is 0 Å². The third kappa shape index (κ3) is 6.40. The van der Waals surface area contributed by atoms with Crippen LogP contribution in [0.15, 0.2) is 89.6 Å². The van der Waals surface area contributed by atoms with Crippen LogP contribution in [0.3, 0.4) is 0 Å². The van der Waals surface area contributed by atoms with Gasteiger partial charge >= 0.3 is 0 Å². The first-order valence-corrected chi connectivity index (χ1v) is 12.2. The van der Waals surface area contributed by atoms with Crippen LogP contribution in [0, 0.1) is 11.3 Å². The fourth-order valence-corrected chi connectivity index (χ4v) is 4.33. The Hall–Kier alpha value is -4.35. The monoisotopic (exact) mass is 496 g/mol. The zero-order valence-corrected chi connectivity index (χ0v) is 20.5. The molecule has 2 amide bonds. The number of nitrogens with one attached hydrogen (secondary N) is 1. The highest BCUT2D eigenvalue weighted by molar-refractivity contribution is 8.14. The van der Waals surface area contributed by atoms with E-state index in [2.05, 4.69) is 16.4 Å². The predicted octanol–water partition coefficient (Wildman–Crippen LogP) is 4.87. The molecule has 0 aromatic heterocycles. The molecule has 0 radical (unpaired) electrons. The van der Waals surface area contributed by atoms with E-state index in [1.165, 1.54) is 11.8 Å². The van der Waals surface area contributed by atoms with Crippen LogP contribution in [-0.4, -0.2) is 34.7 Å². The number of hydrogen-bond donors (Lipinski definition) is 1. The summed E-state index contributed by atoms with van der Waals surface area (Å²) in [5.74, 6) is 0.389. The summed E-state index contributed by atoms with van der Waals surface area (Å²) < 4.78 is 5.20. The van der Waals surface area contributed by atoms with Crippen LogP contribution in [-0.2, 0) is 22.6 Å². The topological polar surface area (TPSA) is 94.8 Å². The fourth-order valence-electron chi connectivity index (χ4n) is 3.53. The van der Waals surface area contributed by atoms with Crippen molar-refractivity contribution in [3.63, 3.8) is 0 Å². The maximum Gasteiger partial charge on any atom is 0.278 e. The molecular weight excluding hydrogens is 472 g/mol. The second kappa shape index (κ2) is 11.9. The smallest absolute Gasteiger partial charge is 0.278 e. The Morgan fingerprint density at radius 1 is 1.06 bits per heavy atom. The number of thioether (sulfide) groups is 1. The van der Waals surface area contributed by atoms with Crippen LogP contribution in [0.5, 0.6) is 5.75 Å². The van der Waals surface area contributed by atoms with Gasteiger partial charge in [-0.25, -0.2) is 4.99 Å². The molecular formula is C28H24N4O3S. The highest BCUT2D eigenvalue weighted by Gasteiger charge is 2.31. The lowest BCUT2D eigenvalue weighted by Crippen LogP contribution is -2.30. The van der Waals surface area contributed by atoms with Crippen LogP contribution < -0.4 is 10.1 Å². The second-order valence-electron chi connectivity index (χ2n) is 7.94. The van der Waals surface area contributed by atoms with E-state index in [4.69, 9.17) is 10.00 Å².